The fourth-order valence-corrected chi connectivity index (χ4v) is 1.83. The Hall–Kier alpha value is -2.42. The number of aromatic nitrogens is 2. The Balaban J connectivity index is 1.69. The summed E-state index contributed by atoms with van der Waals surface area (Å²) in [5.41, 5.74) is 2.16. The van der Waals surface area contributed by atoms with E-state index >= 15 is 0 Å². The van der Waals surface area contributed by atoms with E-state index in [2.05, 4.69) is 22.3 Å². The van der Waals surface area contributed by atoms with Crippen LogP contribution in [0.4, 0.5) is 0 Å². The summed E-state index contributed by atoms with van der Waals surface area (Å²) in [7, 11) is 0. The molecule has 1 aromatic heterocycles. The quantitative estimate of drug-likeness (QED) is 0.710. The summed E-state index contributed by atoms with van der Waals surface area (Å²) in [6, 6.07) is 20.0. The van der Waals surface area contributed by atoms with E-state index in [4.69, 9.17) is 4.42 Å². The van der Waals surface area contributed by atoms with Gasteiger partial charge in [0.1, 0.15) is 0 Å². The van der Waals surface area contributed by atoms with Crippen LogP contribution in [0.15, 0.2) is 65.1 Å². The van der Waals surface area contributed by atoms with Gasteiger partial charge < -0.3 is 4.42 Å². The number of nitrogens with zero attached hydrogens (tertiary/aromatic N) is 2. The van der Waals surface area contributed by atoms with Gasteiger partial charge in [-0.25, -0.2) is 0 Å². The molecule has 0 atom stereocenters. The molecule has 0 fully saturated rings. The zero-order valence-corrected chi connectivity index (χ0v) is 10.4. The summed E-state index contributed by atoms with van der Waals surface area (Å²) in [6.07, 6.45) is 2.73. The second-order valence-corrected chi connectivity index (χ2v) is 4.21. The Kier molecular flexibility index (Phi) is 3.36. The van der Waals surface area contributed by atoms with Crippen LogP contribution in [0.5, 0.6) is 0 Å². The van der Waals surface area contributed by atoms with E-state index in [9.17, 15) is 0 Å². The highest BCUT2D eigenvalue weighted by molar-refractivity contribution is 5.51. The van der Waals surface area contributed by atoms with Crippen LogP contribution in [0.1, 0.15) is 11.5 Å². The summed E-state index contributed by atoms with van der Waals surface area (Å²) in [5, 5.41) is 8.09. The van der Waals surface area contributed by atoms with Crippen LogP contribution in [0, 0.1) is 6.42 Å². The molecular formula is C16H13N2O. The topological polar surface area (TPSA) is 38.9 Å². The van der Waals surface area contributed by atoms with Gasteiger partial charge in [-0.2, -0.15) is 0 Å². The maximum Gasteiger partial charge on any atom is 0.247 e. The van der Waals surface area contributed by atoms with E-state index in [1.54, 1.807) is 0 Å². The lowest BCUT2D eigenvalue weighted by Crippen LogP contribution is -1.88. The number of hydrogen-bond acceptors (Lipinski definition) is 3. The van der Waals surface area contributed by atoms with Crippen molar-refractivity contribution in [3.05, 3.63) is 78.5 Å². The molecule has 0 amide bonds. The molecule has 0 saturated heterocycles. The second kappa shape index (κ2) is 5.48. The highest BCUT2D eigenvalue weighted by atomic mass is 16.4. The molecule has 3 aromatic rings. The predicted octanol–water partition coefficient (Wildman–Crippen LogP) is 3.53. The van der Waals surface area contributed by atoms with Crippen LogP contribution in [-0.2, 0) is 6.42 Å². The van der Waals surface area contributed by atoms with E-state index in [1.165, 1.54) is 5.56 Å². The zero-order chi connectivity index (χ0) is 12.9. The van der Waals surface area contributed by atoms with Gasteiger partial charge in [0.15, 0.2) is 0 Å². The van der Waals surface area contributed by atoms with Crippen LogP contribution in [0.2, 0.25) is 0 Å². The van der Waals surface area contributed by atoms with E-state index < -0.39 is 0 Å². The Bertz CT molecular complexity index is 632. The van der Waals surface area contributed by atoms with Gasteiger partial charge in [0.25, 0.3) is 0 Å². The highest BCUT2D eigenvalue weighted by Gasteiger charge is 2.08. The first kappa shape index (κ1) is 11.7. The van der Waals surface area contributed by atoms with Crippen LogP contribution in [0.3, 0.4) is 0 Å². The molecule has 0 saturated carbocycles. The Morgan fingerprint density at radius 1 is 0.842 bits per heavy atom. The lowest BCUT2D eigenvalue weighted by molar-refractivity contribution is 0.536. The predicted molar refractivity (Wildman–Crippen MR) is 73.3 cm³/mol. The third-order valence-electron chi connectivity index (χ3n) is 2.82. The molecule has 3 nitrogen and oxygen atoms in total. The van der Waals surface area contributed by atoms with Gasteiger partial charge in [0.2, 0.25) is 11.8 Å². The van der Waals surface area contributed by atoms with E-state index in [-0.39, 0.29) is 0 Å². The number of rotatable bonds is 4. The van der Waals surface area contributed by atoms with Gasteiger partial charge in [-0.15, -0.1) is 10.2 Å². The van der Waals surface area contributed by atoms with Crippen molar-refractivity contribution < 1.29 is 4.42 Å². The van der Waals surface area contributed by atoms with E-state index in [0.29, 0.717) is 11.8 Å². The highest BCUT2D eigenvalue weighted by Crippen LogP contribution is 2.18. The van der Waals surface area contributed by atoms with Crippen molar-refractivity contribution in [3.8, 4) is 11.5 Å². The minimum atomic E-state index is 0.555. The lowest BCUT2D eigenvalue weighted by Gasteiger charge is -1.96. The fraction of sp³-hybridized carbons (Fsp3) is 0.0625. The van der Waals surface area contributed by atoms with Crippen molar-refractivity contribution in [3.63, 3.8) is 0 Å². The van der Waals surface area contributed by atoms with Crippen molar-refractivity contribution in [1.29, 1.82) is 0 Å². The van der Waals surface area contributed by atoms with Gasteiger partial charge in [-0.05, 0) is 24.1 Å². The molecule has 19 heavy (non-hydrogen) atoms. The standard InChI is InChI=1S/C16H13N2O/c1-3-7-13(8-4-1)11-12-15-17-18-16(19-15)14-9-5-2-6-10-14/h1-10,12H,11H2. The van der Waals surface area contributed by atoms with Crippen molar-refractivity contribution in [1.82, 2.24) is 10.2 Å². The van der Waals surface area contributed by atoms with E-state index in [0.717, 1.165) is 12.0 Å². The van der Waals surface area contributed by atoms with Crippen molar-refractivity contribution in [2.24, 2.45) is 0 Å². The number of hydrogen-bond donors (Lipinski definition) is 0. The van der Waals surface area contributed by atoms with Gasteiger partial charge in [-0.1, -0.05) is 48.5 Å². The molecule has 93 valence electrons. The van der Waals surface area contributed by atoms with Crippen molar-refractivity contribution in [2.75, 3.05) is 0 Å². The van der Waals surface area contributed by atoms with Crippen LogP contribution < -0.4 is 0 Å². The average Bonchev–Trinajstić information content (AvgIpc) is 2.96. The lowest BCUT2D eigenvalue weighted by atomic mass is 10.1. The third-order valence-corrected chi connectivity index (χ3v) is 2.82. The van der Waals surface area contributed by atoms with Crippen molar-refractivity contribution >= 4 is 0 Å². The molecular weight excluding hydrogens is 236 g/mol. The molecule has 0 aliphatic rings. The Labute approximate surface area is 111 Å². The summed E-state index contributed by atoms with van der Waals surface area (Å²) in [6.45, 7) is 0. The molecule has 1 heterocycles. The molecule has 0 N–H and O–H groups in total. The fourth-order valence-electron chi connectivity index (χ4n) is 1.83. The van der Waals surface area contributed by atoms with Gasteiger partial charge in [-0.3, -0.25) is 0 Å². The minimum absolute atomic E-state index is 0.555. The first-order chi connectivity index (χ1) is 9.42. The molecule has 2 aromatic carbocycles. The maximum atomic E-state index is 5.61. The largest absolute Gasteiger partial charge is 0.420 e. The summed E-state index contributed by atoms with van der Waals surface area (Å²) < 4.78 is 5.61. The summed E-state index contributed by atoms with van der Waals surface area (Å²) in [4.78, 5) is 0. The molecule has 1 radical (unpaired) electrons. The molecule has 3 rings (SSSR count). The average molecular weight is 249 g/mol. The van der Waals surface area contributed by atoms with Crippen LogP contribution in [-0.4, -0.2) is 10.2 Å². The normalized spacial score (nSPS) is 10.5. The van der Waals surface area contributed by atoms with E-state index in [1.807, 2.05) is 55.0 Å². The Morgan fingerprint density at radius 3 is 2.26 bits per heavy atom. The van der Waals surface area contributed by atoms with Crippen LogP contribution >= 0.6 is 0 Å². The number of benzene rings is 2. The molecule has 3 heteroatoms. The molecule has 0 aliphatic carbocycles. The molecule has 0 spiro atoms. The Morgan fingerprint density at radius 2 is 1.53 bits per heavy atom. The van der Waals surface area contributed by atoms with Gasteiger partial charge >= 0.3 is 0 Å². The van der Waals surface area contributed by atoms with Crippen molar-refractivity contribution in [2.45, 2.75) is 6.42 Å². The minimum Gasteiger partial charge on any atom is -0.420 e. The van der Waals surface area contributed by atoms with Crippen LogP contribution in [0.25, 0.3) is 11.5 Å². The second-order valence-electron chi connectivity index (χ2n) is 4.21. The zero-order valence-electron chi connectivity index (χ0n) is 10.4. The first-order valence-electron chi connectivity index (χ1n) is 6.18. The molecule has 0 aliphatic heterocycles. The van der Waals surface area contributed by atoms with Gasteiger partial charge in [0.05, 0.1) is 6.42 Å². The monoisotopic (exact) mass is 249 g/mol. The molecule has 0 unspecified atom stereocenters. The SMILES string of the molecule is [CH](Cc1ccccc1)c1nnc(-c2ccccc2)o1. The maximum absolute atomic E-state index is 5.61. The van der Waals surface area contributed by atoms with Gasteiger partial charge in [0, 0.05) is 5.56 Å². The third kappa shape index (κ3) is 2.88. The smallest absolute Gasteiger partial charge is 0.247 e. The molecule has 0 bridgehead atoms. The summed E-state index contributed by atoms with van der Waals surface area (Å²) in [5.74, 6) is 1.11. The summed E-state index contributed by atoms with van der Waals surface area (Å²) >= 11 is 0. The first-order valence-corrected chi connectivity index (χ1v) is 6.18.